The van der Waals surface area contributed by atoms with Gasteiger partial charge in [0.05, 0.1) is 6.10 Å². The molecule has 1 rings (SSSR count). The van der Waals surface area contributed by atoms with Crippen molar-refractivity contribution < 1.29 is 9.22 Å². The van der Waals surface area contributed by atoms with Crippen LogP contribution >= 0.6 is 0 Å². The Morgan fingerprint density at radius 2 is 1.52 bits per heavy atom. The zero-order chi connectivity index (χ0) is 16.8. The van der Waals surface area contributed by atoms with Crippen molar-refractivity contribution in [1.82, 2.24) is 0 Å². The van der Waals surface area contributed by atoms with Crippen molar-refractivity contribution in [3.05, 3.63) is 0 Å². The van der Waals surface area contributed by atoms with Gasteiger partial charge in [0.1, 0.15) is 5.78 Å². The normalized spacial score (nSPS) is 31.2. The van der Waals surface area contributed by atoms with E-state index in [4.69, 9.17) is 4.43 Å². The van der Waals surface area contributed by atoms with Crippen LogP contribution in [0.15, 0.2) is 0 Å². The molecule has 0 radical (unpaired) electrons. The van der Waals surface area contributed by atoms with Gasteiger partial charge < -0.3 is 4.43 Å². The Bertz CT molecular complexity index is 375. The van der Waals surface area contributed by atoms with Gasteiger partial charge in [-0.3, -0.25) is 4.79 Å². The standard InChI is InChI=1S/C18H36O2Si/c1-11-15(19)13(3)16-12(2)14(4)21(20-16,17(5,6)7)18(8,9)10/h12-14,16H,11H2,1-10H3/t12-,13-,14+,16-/m0/s1. The predicted molar refractivity (Wildman–Crippen MR) is 93.1 cm³/mol. The van der Waals surface area contributed by atoms with Crippen molar-refractivity contribution in [1.29, 1.82) is 0 Å². The van der Waals surface area contributed by atoms with Gasteiger partial charge in [-0.2, -0.15) is 0 Å². The van der Waals surface area contributed by atoms with Crippen LogP contribution in [0.1, 0.15) is 75.7 Å². The van der Waals surface area contributed by atoms with E-state index in [-0.39, 0.29) is 22.1 Å². The van der Waals surface area contributed by atoms with Crippen LogP contribution in [-0.2, 0) is 9.22 Å². The van der Waals surface area contributed by atoms with E-state index in [2.05, 4.69) is 62.3 Å². The van der Waals surface area contributed by atoms with E-state index in [1.807, 2.05) is 6.92 Å². The van der Waals surface area contributed by atoms with E-state index >= 15 is 0 Å². The highest BCUT2D eigenvalue weighted by Crippen LogP contribution is 2.64. The molecule has 0 aromatic rings. The minimum Gasteiger partial charge on any atom is -0.412 e. The molecule has 0 N–H and O–H groups in total. The first kappa shape index (κ1) is 18.9. The van der Waals surface area contributed by atoms with Crippen molar-refractivity contribution in [2.75, 3.05) is 0 Å². The molecule has 4 atom stereocenters. The first-order valence-electron chi connectivity index (χ1n) is 8.51. The van der Waals surface area contributed by atoms with Gasteiger partial charge in [0.15, 0.2) is 0 Å². The van der Waals surface area contributed by atoms with Crippen molar-refractivity contribution >= 4 is 14.1 Å². The number of Topliss-reactive ketones (excluding diaryl/α,β-unsaturated/α-hetero) is 1. The molecule has 0 amide bonds. The van der Waals surface area contributed by atoms with Crippen LogP contribution in [0.2, 0.25) is 15.6 Å². The summed E-state index contributed by atoms with van der Waals surface area (Å²) in [6.45, 7) is 22.7. The molecule has 21 heavy (non-hydrogen) atoms. The van der Waals surface area contributed by atoms with Crippen LogP contribution in [0.25, 0.3) is 0 Å². The van der Waals surface area contributed by atoms with E-state index in [1.165, 1.54) is 0 Å². The highest BCUT2D eigenvalue weighted by atomic mass is 28.4. The summed E-state index contributed by atoms with van der Waals surface area (Å²) in [6, 6.07) is 0. The van der Waals surface area contributed by atoms with E-state index < -0.39 is 8.32 Å². The zero-order valence-electron chi connectivity index (χ0n) is 15.8. The average molecular weight is 313 g/mol. The van der Waals surface area contributed by atoms with Crippen molar-refractivity contribution in [3.8, 4) is 0 Å². The first-order valence-corrected chi connectivity index (χ1v) is 10.5. The molecule has 2 nitrogen and oxygen atoms in total. The van der Waals surface area contributed by atoms with Gasteiger partial charge >= 0.3 is 0 Å². The lowest BCUT2D eigenvalue weighted by atomic mass is 9.88. The zero-order valence-corrected chi connectivity index (χ0v) is 16.8. The monoisotopic (exact) mass is 312 g/mol. The molecule has 0 aromatic carbocycles. The minimum atomic E-state index is -2.04. The SMILES string of the molecule is CCC(=O)[C@H](C)[C@H]1O[Si](C(C)(C)C)(C(C)(C)C)[C@H](C)[C@@H]1C. The molecule has 0 unspecified atom stereocenters. The Morgan fingerprint density at radius 1 is 1.10 bits per heavy atom. The molecule has 0 aliphatic carbocycles. The average Bonchev–Trinajstić information content (AvgIpc) is 2.60. The lowest BCUT2D eigenvalue weighted by Gasteiger charge is -2.51. The molecular weight excluding hydrogens is 276 g/mol. The maximum absolute atomic E-state index is 12.2. The van der Waals surface area contributed by atoms with E-state index in [0.717, 1.165) is 0 Å². The third-order valence-corrected chi connectivity index (χ3v) is 12.8. The van der Waals surface area contributed by atoms with Gasteiger partial charge in [0, 0.05) is 12.3 Å². The third kappa shape index (κ3) is 2.88. The fourth-order valence-electron chi connectivity index (χ4n) is 4.99. The molecule has 0 bridgehead atoms. The van der Waals surface area contributed by atoms with Crippen LogP contribution in [0.5, 0.6) is 0 Å². The second kappa shape index (κ2) is 5.81. The fraction of sp³-hybridized carbons (Fsp3) is 0.944. The van der Waals surface area contributed by atoms with Crippen LogP contribution in [-0.4, -0.2) is 20.2 Å². The molecule has 1 aliphatic rings. The second-order valence-electron chi connectivity index (χ2n) is 9.07. The molecule has 1 saturated heterocycles. The van der Waals surface area contributed by atoms with E-state index in [1.54, 1.807) is 0 Å². The van der Waals surface area contributed by atoms with Gasteiger partial charge in [-0.25, -0.2) is 0 Å². The Morgan fingerprint density at radius 3 is 1.81 bits per heavy atom. The number of carbonyl (C=O) groups is 1. The topological polar surface area (TPSA) is 26.3 Å². The summed E-state index contributed by atoms with van der Waals surface area (Å²) >= 11 is 0. The lowest BCUT2D eigenvalue weighted by molar-refractivity contribution is -0.125. The summed E-state index contributed by atoms with van der Waals surface area (Å²) in [7, 11) is -2.04. The number of carbonyl (C=O) groups excluding carboxylic acids is 1. The fourth-order valence-corrected chi connectivity index (χ4v) is 12.7. The van der Waals surface area contributed by atoms with Crippen LogP contribution in [0, 0.1) is 11.8 Å². The summed E-state index contributed by atoms with van der Waals surface area (Å²) < 4.78 is 6.91. The highest BCUT2D eigenvalue weighted by Gasteiger charge is 2.65. The minimum absolute atomic E-state index is 0.0199. The molecule has 0 spiro atoms. The molecule has 1 fully saturated rings. The highest BCUT2D eigenvalue weighted by molar-refractivity contribution is 6.81. The molecule has 3 heteroatoms. The van der Waals surface area contributed by atoms with Gasteiger partial charge in [-0.05, 0) is 21.5 Å². The first-order chi connectivity index (χ1) is 9.31. The number of hydrogen-bond donors (Lipinski definition) is 0. The number of ketones is 1. The lowest BCUT2D eigenvalue weighted by Crippen LogP contribution is -2.55. The van der Waals surface area contributed by atoms with Gasteiger partial charge in [-0.15, -0.1) is 0 Å². The van der Waals surface area contributed by atoms with Gasteiger partial charge in [-0.1, -0.05) is 69.2 Å². The van der Waals surface area contributed by atoms with Crippen LogP contribution in [0.4, 0.5) is 0 Å². The summed E-state index contributed by atoms with van der Waals surface area (Å²) in [5, 5.41) is 0.339. The largest absolute Gasteiger partial charge is 0.412 e. The van der Waals surface area contributed by atoms with Crippen molar-refractivity contribution in [2.24, 2.45) is 11.8 Å². The Balaban J connectivity index is 3.30. The maximum atomic E-state index is 12.2. The van der Waals surface area contributed by atoms with Gasteiger partial charge in [0.2, 0.25) is 8.32 Å². The van der Waals surface area contributed by atoms with Crippen LogP contribution < -0.4 is 0 Å². The molecule has 1 heterocycles. The van der Waals surface area contributed by atoms with E-state index in [0.29, 0.717) is 23.7 Å². The smallest absolute Gasteiger partial charge is 0.206 e. The van der Waals surface area contributed by atoms with Gasteiger partial charge in [0.25, 0.3) is 0 Å². The number of rotatable bonds is 3. The molecule has 0 aromatic heterocycles. The summed E-state index contributed by atoms with van der Waals surface area (Å²) in [4.78, 5) is 12.2. The summed E-state index contributed by atoms with van der Waals surface area (Å²) in [6.07, 6.45) is 0.708. The molecule has 1 aliphatic heterocycles. The Hall–Kier alpha value is -0.153. The van der Waals surface area contributed by atoms with Crippen LogP contribution in [0.3, 0.4) is 0 Å². The molecule has 0 saturated carbocycles. The summed E-state index contributed by atoms with van der Waals surface area (Å²) in [5.74, 6) is 0.818. The molecule has 124 valence electrons. The quantitative estimate of drug-likeness (QED) is 0.637. The van der Waals surface area contributed by atoms with Crippen molar-refractivity contribution in [2.45, 2.75) is 97.4 Å². The Kier molecular flexibility index (Phi) is 5.22. The summed E-state index contributed by atoms with van der Waals surface area (Å²) in [5.41, 5.74) is 0.564. The second-order valence-corrected chi connectivity index (χ2v) is 14.7. The number of hydrogen-bond acceptors (Lipinski definition) is 2. The predicted octanol–water partition coefficient (Wildman–Crippen LogP) is 5.57. The third-order valence-electron chi connectivity index (χ3n) is 5.85. The molecular formula is C18H36O2Si. The maximum Gasteiger partial charge on any atom is 0.206 e. The van der Waals surface area contributed by atoms with Crippen molar-refractivity contribution in [3.63, 3.8) is 0 Å². The van der Waals surface area contributed by atoms with E-state index in [9.17, 15) is 4.79 Å². The Labute approximate surface area is 133 Å².